The lowest BCUT2D eigenvalue weighted by Crippen LogP contribution is -2.46. The molecule has 0 atom stereocenters. The molecule has 0 aromatic heterocycles. The van der Waals surface area contributed by atoms with Gasteiger partial charge in [-0.05, 0) is 32.9 Å². The third-order valence-corrected chi connectivity index (χ3v) is 3.17. The van der Waals surface area contributed by atoms with Gasteiger partial charge in [-0.1, -0.05) is 6.92 Å². The van der Waals surface area contributed by atoms with E-state index >= 15 is 0 Å². The van der Waals surface area contributed by atoms with Gasteiger partial charge in [0.15, 0.2) is 0 Å². The summed E-state index contributed by atoms with van der Waals surface area (Å²) in [4.78, 5) is 13.8. The highest BCUT2D eigenvalue weighted by Crippen LogP contribution is 2.40. The van der Waals surface area contributed by atoms with Crippen LogP contribution in [0.4, 0.5) is 0 Å². The molecule has 0 radical (unpaired) electrons. The topological polar surface area (TPSA) is 56.1 Å². The first-order valence-corrected chi connectivity index (χ1v) is 5.53. The Labute approximate surface area is 91.2 Å². The highest BCUT2D eigenvalue weighted by atomic mass is 16.2. The minimum Gasteiger partial charge on any atom is -0.353 e. The third-order valence-electron chi connectivity index (χ3n) is 3.17. The Kier molecular flexibility index (Phi) is 4.10. The van der Waals surface area contributed by atoms with Crippen LogP contribution >= 0.6 is 0 Å². The highest BCUT2D eigenvalue weighted by molar-refractivity contribution is 5.86. The minimum absolute atomic E-state index is 0.0826. The van der Waals surface area contributed by atoms with Crippen molar-refractivity contribution in [3.05, 3.63) is 0 Å². The molecule has 0 spiro atoms. The second-order valence-electron chi connectivity index (χ2n) is 4.20. The molecule has 1 fully saturated rings. The van der Waals surface area contributed by atoms with Crippen LogP contribution in [0.2, 0.25) is 0 Å². The van der Waals surface area contributed by atoms with Crippen molar-refractivity contribution in [2.45, 2.75) is 26.2 Å². The van der Waals surface area contributed by atoms with Gasteiger partial charge in [-0.25, -0.2) is 0 Å². The number of nitrogens with one attached hydrogen (secondary N) is 1. The molecular weight excluding hydrogens is 190 g/mol. The molecule has 1 aliphatic rings. The number of nitriles is 1. The predicted octanol–water partition coefficient (Wildman–Crippen LogP) is 0.748. The van der Waals surface area contributed by atoms with Gasteiger partial charge < -0.3 is 10.2 Å². The summed E-state index contributed by atoms with van der Waals surface area (Å²) in [5, 5.41) is 11.8. The summed E-state index contributed by atoms with van der Waals surface area (Å²) in [6, 6.07) is 2.14. The van der Waals surface area contributed by atoms with Gasteiger partial charge in [-0.3, -0.25) is 4.79 Å². The fourth-order valence-electron chi connectivity index (χ4n) is 1.61. The molecule has 1 rings (SSSR count). The summed E-state index contributed by atoms with van der Waals surface area (Å²) in [5.41, 5.74) is -0.704. The number of nitrogens with zero attached hydrogens (tertiary/aromatic N) is 2. The van der Waals surface area contributed by atoms with E-state index in [1.54, 1.807) is 0 Å². The van der Waals surface area contributed by atoms with E-state index in [0.717, 1.165) is 32.4 Å². The lowest BCUT2D eigenvalue weighted by atomic mass is 9.69. The fourth-order valence-corrected chi connectivity index (χ4v) is 1.61. The normalized spacial score (nSPS) is 18.0. The second kappa shape index (κ2) is 5.13. The summed E-state index contributed by atoms with van der Waals surface area (Å²) in [7, 11) is 2.01. The van der Waals surface area contributed by atoms with Crippen LogP contribution in [0, 0.1) is 16.7 Å². The average Bonchev–Trinajstić information content (AvgIpc) is 2.16. The first kappa shape index (κ1) is 12.0. The van der Waals surface area contributed by atoms with Crippen molar-refractivity contribution >= 4 is 5.91 Å². The van der Waals surface area contributed by atoms with E-state index in [2.05, 4.69) is 23.2 Å². The summed E-state index contributed by atoms with van der Waals surface area (Å²) < 4.78 is 0. The van der Waals surface area contributed by atoms with E-state index < -0.39 is 5.41 Å². The summed E-state index contributed by atoms with van der Waals surface area (Å²) in [5.74, 6) is -0.0826. The van der Waals surface area contributed by atoms with Crippen molar-refractivity contribution in [1.82, 2.24) is 10.2 Å². The molecule has 1 amide bonds. The number of carbonyl (C=O) groups excluding carboxylic acids is 1. The maximum atomic E-state index is 11.7. The molecule has 1 saturated carbocycles. The Morgan fingerprint density at radius 1 is 1.60 bits per heavy atom. The molecule has 4 nitrogen and oxygen atoms in total. The molecule has 84 valence electrons. The molecule has 4 heteroatoms. The van der Waals surface area contributed by atoms with Crippen LogP contribution in [0.5, 0.6) is 0 Å². The minimum atomic E-state index is -0.704. The maximum absolute atomic E-state index is 11.7. The summed E-state index contributed by atoms with van der Waals surface area (Å²) in [6.45, 7) is 4.51. The molecule has 0 bridgehead atoms. The number of hydrogen-bond acceptors (Lipinski definition) is 3. The first-order valence-electron chi connectivity index (χ1n) is 5.53. The van der Waals surface area contributed by atoms with E-state index in [1.165, 1.54) is 0 Å². The standard InChI is InChI=1S/C11H19N3O/c1-3-14(2)8-7-13-10(15)11(9-12)5-4-6-11/h3-8H2,1-2H3,(H,13,15). The maximum Gasteiger partial charge on any atom is 0.240 e. The van der Waals surface area contributed by atoms with Gasteiger partial charge >= 0.3 is 0 Å². The van der Waals surface area contributed by atoms with Crippen molar-refractivity contribution in [2.75, 3.05) is 26.7 Å². The van der Waals surface area contributed by atoms with Crippen LogP contribution < -0.4 is 5.32 Å². The zero-order valence-corrected chi connectivity index (χ0v) is 9.55. The lowest BCUT2D eigenvalue weighted by Gasteiger charge is -2.33. The second-order valence-corrected chi connectivity index (χ2v) is 4.20. The highest BCUT2D eigenvalue weighted by Gasteiger charge is 2.44. The van der Waals surface area contributed by atoms with Gasteiger partial charge in [0.05, 0.1) is 6.07 Å². The molecule has 0 unspecified atom stereocenters. The predicted molar refractivity (Wildman–Crippen MR) is 58.1 cm³/mol. The number of hydrogen-bond donors (Lipinski definition) is 1. The first-order chi connectivity index (χ1) is 7.14. The largest absolute Gasteiger partial charge is 0.353 e. The smallest absolute Gasteiger partial charge is 0.240 e. The van der Waals surface area contributed by atoms with Gasteiger partial charge in [0.25, 0.3) is 0 Å². The van der Waals surface area contributed by atoms with Crippen molar-refractivity contribution in [1.29, 1.82) is 5.26 Å². The number of likely N-dealkylation sites (N-methyl/N-ethyl adjacent to an activating group) is 1. The zero-order valence-electron chi connectivity index (χ0n) is 9.55. The van der Waals surface area contributed by atoms with Crippen LogP contribution in [-0.2, 0) is 4.79 Å². The van der Waals surface area contributed by atoms with Crippen LogP contribution in [0.1, 0.15) is 26.2 Å². The molecule has 0 aromatic rings. The average molecular weight is 209 g/mol. The lowest BCUT2D eigenvalue weighted by molar-refractivity contribution is -0.131. The van der Waals surface area contributed by atoms with Crippen LogP contribution in [-0.4, -0.2) is 37.5 Å². The molecular formula is C11H19N3O. The van der Waals surface area contributed by atoms with Crippen molar-refractivity contribution in [3.63, 3.8) is 0 Å². The summed E-state index contributed by atoms with van der Waals surface area (Å²) >= 11 is 0. The van der Waals surface area contributed by atoms with E-state index in [9.17, 15) is 4.79 Å². The van der Waals surface area contributed by atoms with Crippen molar-refractivity contribution < 1.29 is 4.79 Å². The Morgan fingerprint density at radius 3 is 2.67 bits per heavy atom. The van der Waals surface area contributed by atoms with Gasteiger partial charge in [-0.15, -0.1) is 0 Å². The molecule has 15 heavy (non-hydrogen) atoms. The van der Waals surface area contributed by atoms with E-state index in [0.29, 0.717) is 6.54 Å². The molecule has 0 aliphatic heterocycles. The van der Waals surface area contributed by atoms with E-state index in [-0.39, 0.29) is 5.91 Å². The van der Waals surface area contributed by atoms with Gasteiger partial charge in [0, 0.05) is 13.1 Å². The Balaban J connectivity index is 2.27. The van der Waals surface area contributed by atoms with Crippen molar-refractivity contribution in [3.8, 4) is 6.07 Å². The fraction of sp³-hybridized carbons (Fsp3) is 0.818. The third kappa shape index (κ3) is 2.69. The molecule has 1 N–H and O–H groups in total. The Bertz CT molecular complexity index is 265. The van der Waals surface area contributed by atoms with Crippen LogP contribution in [0.3, 0.4) is 0 Å². The number of carbonyl (C=O) groups is 1. The van der Waals surface area contributed by atoms with E-state index in [1.807, 2.05) is 7.05 Å². The molecule has 0 aromatic carbocycles. The SMILES string of the molecule is CCN(C)CCNC(=O)C1(C#N)CCC1. The van der Waals surface area contributed by atoms with Gasteiger partial charge in [0.1, 0.15) is 5.41 Å². The Hall–Kier alpha value is -1.08. The Morgan fingerprint density at radius 2 is 2.27 bits per heavy atom. The van der Waals surface area contributed by atoms with Crippen LogP contribution in [0.15, 0.2) is 0 Å². The van der Waals surface area contributed by atoms with E-state index in [4.69, 9.17) is 5.26 Å². The quantitative estimate of drug-likeness (QED) is 0.727. The summed E-state index contributed by atoms with van der Waals surface area (Å²) in [6.07, 6.45) is 2.44. The van der Waals surface area contributed by atoms with Crippen LogP contribution in [0.25, 0.3) is 0 Å². The zero-order chi connectivity index (χ0) is 11.3. The molecule has 0 saturated heterocycles. The molecule has 1 aliphatic carbocycles. The number of rotatable bonds is 5. The van der Waals surface area contributed by atoms with Crippen molar-refractivity contribution in [2.24, 2.45) is 5.41 Å². The molecule has 0 heterocycles. The van der Waals surface area contributed by atoms with Gasteiger partial charge in [0.2, 0.25) is 5.91 Å². The number of amides is 1. The monoisotopic (exact) mass is 209 g/mol. The van der Waals surface area contributed by atoms with Gasteiger partial charge in [-0.2, -0.15) is 5.26 Å².